The Morgan fingerprint density at radius 1 is 0.810 bits per heavy atom. The van der Waals surface area contributed by atoms with Gasteiger partial charge in [0.15, 0.2) is 0 Å². The lowest BCUT2D eigenvalue weighted by atomic mass is 9.80. The third kappa shape index (κ3) is 1.83. The summed E-state index contributed by atoms with van der Waals surface area (Å²) in [7, 11) is 0. The first kappa shape index (κ1) is 12.4. The zero-order chi connectivity index (χ0) is 14.3. The van der Waals surface area contributed by atoms with Crippen molar-refractivity contribution < 1.29 is 9.84 Å². The van der Waals surface area contributed by atoms with Gasteiger partial charge in [-0.3, -0.25) is 0 Å². The summed E-state index contributed by atoms with van der Waals surface area (Å²) in [5.41, 5.74) is 0.819. The van der Waals surface area contributed by atoms with E-state index in [-0.39, 0.29) is 0 Å². The summed E-state index contributed by atoms with van der Waals surface area (Å²) in [6.07, 6.45) is 0.567. The molecule has 0 radical (unpaired) electrons. The second-order valence-electron chi connectivity index (χ2n) is 5.48. The van der Waals surface area contributed by atoms with Gasteiger partial charge in [0.2, 0.25) is 0 Å². The topological polar surface area (TPSA) is 29.5 Å². The smallest absolute Gasteiger partial charge is 0.125 e. The van der Waals surface area contributed by atoms with Gasteiger partial charge in [-0.05, 0) is 22.4 Å². The van der Waals surface area contributed by atoms with Crippen LogP contribution in [-0.4, -0.2) is 11.7 Å². The minimum absolute atomic E-state index is 0.525. The van der Waals surface area contributed by atoms with Crippen LogP contribution in [-0.2, 0) is 5.60 Å². The van der Waals surface area contributed by atoms with Crippen molar-refractivity contribution in [1.82, 2.24) is 0 Å². The first-order valence-electron chi connectivity index (χ1n) is 7.22. The number of aliphatic hydroxyl groups is 1. The van der Waals surface area contributed by atoms with E-state index in [1.54, 1.807) is 0 Å². The quantitative estimate of drug-likeness (QED) is 0.731. The van der Waals surface area contributed by atoms with E-state index in [0.29, 0.717) is 13.0 Å². The normalized spacial score (nSPS) is 20.8. The monoisotopic (exact) mass is 276 g/mol. The van der Waals surface area contributed by atoms with Gasteiger partial charge in [0.1, 0.15) is 11.4 Å². The maximum absolute atomic E-state index is 11.4. The molecular weight excluding hydrogens is 260 g/mol. The molecule has 1 N–H and O–H groups in total. The molecule has 3 aromatic rings. The largest absolute Gasteiger partial charge is 0.493 e. The number of fused-ring (bicyclic) bond motifs is 2. The average molecular weight is 276 g/mol. The molecule has 1 atom stereocenters. The van der Waals surface area contributed by atoms with Gasteiger partial charge in [-0.1, -0.05) is 60.7 Å². The fourth-order valence-electron chi connectivity index (χ4n) is 3.24. The lowest BCUT2D eigenvalue weighted by Gasteiger charge is -2.35. The van der Waals surface area contributed by atoms with Crippen LogP contribution in [0.4, 0.5) is 0 Å². The number of benzene rings is 3. The number of rotatable bonds is 1. The number of para-hydroxylation sites is 1. The van der Waals surface area contributed by atoms with Crippen molar-refractivity contribution in [3.05, 3.63) is 77.9 Å². The molecule has 4 rings (SSSR count). The van der Waals surface area contributed by atoms with E-state index < -0.39 is 5.60 Å². The van der Waals surface area contributed by atoms with Crippen molar-refractivity contribution in [2.45, 2.75) is 12.0 Å². The summed E-state index contributed by atoms with van der Waals surface area (Å²) >= 11 is 0. The van der Waals surface area contributed by atoms with Gasteiger partial charge < -0.3 is 9.84 Å². The van der Waals surface area contributed by atoms with Gasteiger partial charge in [0.25, 0.3) is 0 Å². The van der Waals surface area contributed by atoms with Crippen molar-refractivity contribution in [1.29, 1.82) is 0 Å². The Kier molecular flexibility index (Phi) is 2.72. The Balaban J connectivity index is 2.01. The second-order valence-corrected chi connectivity index (χ2v) is 5.48. The zero-order valence-corrected chi connectivity index (χ0v) is 11.6. The first-order valence-corrected chi connectivity index (χ1v) is 7.22. The predicted octanol–water partition coefficient (Wildman–Crippen LogP) is 3.86. The van der Waals surface area contributed by atoms with E-state index in [9.17, 15) is 5.11 Å². The Hall–Kier alpha value is -2.32. The van der Waals surface area contributed by atoms with Crippen LogP contribution in [0.3, 0.4) is 0 Å². The van der Waals surface area contributed by atoms with Crippen molar-refractivity contribution in [2.75, 3.05) is 6.61 Å². The highest BCUT2D eigenvalue weighted by molar-refractivity contribution is 5.87. The minimum Gasteiger partial charge on any atom is -0.493 e. The van der Waals surface area contributed by atoms with Crippen molar-refractivity contribution in [2.24, 2.45) is 0 Å². The van der Waals surface area contributed by atoms with Gasteiger partial charge in [-0.15, -0.1) is 0 Å². The van der Waals surface area contributed by atoms with Crippen LogP contribution in [0.2, 0.25) is 0 Å². The molecule has 2 nitrogen and oxygen atoms in total. The van der Waals surface area contributed by atoms with Crippen molar-refractivity contribution in [3.8, 4) is 5.75 Å². The molecule has 0 saturated heterocycles. The molecule has 0 bridgehead atoms. The highest BCUT2D eigenvalue weighted by atomic mass is 16.5. The summed E-state index contributed by atoms with van der Waals surface area (Å²) < 4.78 is 5.69. The van der Waals surface area contributed by atoms with E-state index in [2.05, 4.69) is 18.2 Å². The first-order chi connectivity index (χ1) is 10.3. The molecule has 0 spiro atoms. The molecule has 1 aliphatic heterocycles. The van der Waals surface area contributed by atoms with Gasteiger partial charge in [0, 0.05) is 12.0 Å². The molecule has 0 saturated carbocycles. The van der Waals surface area contributed by atoms with Gasteiger partial charge in [-0.2, -0.15) is 0 Å². The molecule has 1 aliphatic rings. The number of hydrogen-bond acceptors (Lipinski definition) is 2. The molecule has 104 valence electrons. The van der Waals surface area contributed by atoms with Gasteiger partial charge in [0.05, 0.1) is 6.61 Å². The molecule has 1 unspecified atom stereocenters. The molecule has 21 heavy (non-hydrogen) atoms. The fourth-order valence-corrected chi connectivity index (χ4v) is 3.24. The molecule has 0 amide bonds. The zero-order valence-electron chi connectivity index (χ0n) is 11.6. The van der Waals surface area contributed by atoms with Gasteiger partial charge >= 0.3 is 0 Å². The third-order valence-electron chi connectivity index (χ3n) is 4.29. The van der Waals surface area contributed by atoms with Crippen LogP contribution < -0.4 is 4.74 Å². The van der Waals surface area contributed by atoms with E-state index >= 15 is 0 Å². The van der Waals surface area contributed by atoms with E-state index in [1.807, 2.05) is 48.5 Å². The Labute approximate surface area is 123 Å². The minimum atomic E-state index is -0.990. The molecule has 2 heteroatoms. The van der Waals surface area contributed by atoms with Crippen LogP contribution in [0, 0.1) is 0 Å². The summed E-state index contributed by atoms with van der Waals surface area (Å²) in [6.45, 7) is 0.525. The van der Waals surface area contributed by atoms with Crippen LogP contribution in [0.15, 0.2) is 66.7 Å². The second kappa shape index (κ2) is 4.61. The van der Waals surface area contributed by atoms with Crippen molar-refractivity contribution in [3.63, 3.8) is 0 Å². The Bertz CT molecular complexity index is 804. The van der Waals surface area contributed by atoms with Crippen LogP contribution in [0.1, 0.15) is 17.5 Å². The van der Waals surface area contributed by atoms with E-state index in [1.165, 1.54) is 0 Å². The molecule has 1 heterocycles. The van der Waals surface area contributed by atoms with Crippen LogP contribution >= 0.6 is 0 Å². The van der Waals surface area contributed by atoms with E-state index in [0.717, 1.165) is 27.6 Å². The predicted molar refractivity (Wildman–Crippen MR) is 83.5 cm³/mol. The summed E-state index contributed by atoms with van der Waals surface area (Å²) in [4.78, 5) is 0. The summed E-state index contributed by atoms with van der Waals surface area (Å²) in [5, 5.41) is 13.7. The SMILES string of the molecule is OC1(c2cccc3ccccc23)CCOc2ccccc21. The van der Waals surface area contributed by atoms with Gasteiger partial charge in [-0.25, -0.2) is 0 Å². The van der Waals surface area contributed by atoms with E-state index in [4.69, 9.17) is 4.74 Å². The molecule has 0 aliphatic carbocycles. The van der Waals surface area contributed by atoms with Crippen molar-refractivity contribution >= 4 is 10.8 Å². The average Bonchev–Trinajstić information content (AvgIpc) is 2.55. The Morgan fingerprint density at radius 3 is 2.48 bits per heavy atom. The Morgan fingerprint density at radius 2 is 1.52 bits per heavy atom. The molecule has 3 aromatic carbocycles. The molecule has 0 aromatic heterocycles. The lowest BCUT2D eigenvalue weighted by Crippen LogP contribution is -2.34. The number of hydrogen-bond donors (Lipinski definition) is 1. The molecule has 0 fully saturated rings. The standard InChI is InChI=1S/C19H16O2/c20-19(12-13-21-18-11-4-3-9-17(18)19)16-10-5-7-14-6-1-2-8-15(14)16/h1-11,20H,12-13H2. The van der Waals surface area contributed by atoms with Crippen LogP contribution in [0.5, 0.6) is 5.75 Å². The highest BCUT2D eigenvalue weighted by Crippen LogP contribution is 2.43. The lowest BCUT2D eigenvalue weighted by molar-refractivity contribution is 0.0362. The summed E-state index contributed by atoms with van der Waals surface area (Å²) in [5.74, 6) is 0.777. The fraction of sp³-hybridized carbons (Fsp3) is 0.158. The number of ether oxygens (including phenoxy) is 1. The maximum atomic E-state index is 11.4. The maximum Gasteiger partial charge on any atom is 0.125 e. The molecular formula is C19H16O2. The highest BCUT2D eigenvalue weighted by Gasteiger charge is 2.38. The van der Waals surface area contributed by atoms with Crippen LogP contribution in [0.25, 0.3) is 10.8 Å². The third-order valence-corrected chi connectivity index (χ3v) is 4.29. The summed E-state index contributed by atoms with van der Waals surface area (Å²) in [6, 6.07) is 22.0.